The SMILES string of the molecule is CN=C(NCCCc1cnn(C)c1)N(C)Cc1ccccc1.I. The lowest BCUT2D eigenvalue weighted by Gasteiger charge is -2.22. The molecule has 0 aliphatic carbocycles. The van der Waals surface area contributed by atoms with Gasteiger partial charge in [0.25, 0.3) is 0 Å². The molecule has 2 aromatic rings. The van der Waals surface area contributed by atoms with E-state index in [1.807, 2.05) is 31.0 Å². The van der Waals surface area contributed by atoms with Gasteiger partial charge in [-0.15, -0.1) is 24.0 Å². The molecular formula is C17H26IN5. The number of aromatic nitrogens is 2. The molecule has 1 aromatic heterocycles. The summed E-state index contributed by atoms with van der Waals surface area (Å²) in [4.78, 5) is 6.49. The quantitative estimate of drug-likeness (QED) is 0.334. The number of guanidine groups is 1. The zero-order valence-corrected chi connectivity index (χ0v) is 16.4. The molecule has 2 rings (SSSR count). The third kappa shape index (κ3) is 6.60. The van der Waals surface area contributed by atoms with Crippen LogP contribution in [0.4, 0.5) is 0 Å². The monoisotopic (exact) mass is 427 g/mol. The lowest BCUT2D eigenvalue weighted by Crippen LogP contribution is -2.38. The highest BCUT2D eigenvalue weighted by atomic mass is 127. The summed E-state index contributed by atoms with van der Waals surface area (Å²) >= 11 is 0. The number of hydrogen-bond donors (Lipinski definition) is 1. The van der Waals surface area contributed by atoms with Crippen molar-refractivity contribution >= 4 is 29.9 Å². The maximum atomic E-state index is 4.35. The van der Waals surface area contributed by atoms with Crippen LogP contribution in [0.25, 0.3) is 0 Å². The Morgan fingerprint density at radius 1 is 1.26 bits per heavy atom. The Labute approximate surface area is 155 Å². The summed E-state index contributed by atoms with van der Waals surface area (Å²) in [5.41, 5.74) is 2.56. The van der Waals surface area contributed by atoms with Gasteiger partial charge < -0.3 is 10.2 Å². The van der Waals surface area contributed by atoms with E-state index in [0.717, 1.165) is 31.9 Å². The zero-order chi connectivity index (χ0) is 15.8. The Bertz CT molecular complexity index is 594. The van der Waals surface area contributed by atoms with Gasteiger partial charge >= 0.3 is 0 Å². The standard InChI is InChI=1S/C17H25N5.HI/c1-18-17(21(2)13-15-8-5-4-6-9-15)19-11-7-10-16-12-20-22(3)14-16;/h4-6,8-9,12,14H,7,10-11,13H2,1-3H3,(H,18,19);1H. The lowest BCUT2D eigenvalue weighted by atomic mass is 10.2. The van der Waals surface area contributed by atoms with Crippen molar-refractivity contribution in [1.82, 2.24) is 20.0 Å². The van der Waals surface area contributed by atoms with Crippen molar-refractivity contribution in [3.8, 4) is 0 Å². The van der Waals surface area contributed by atoms with E-state index in [4.69, 9.17) is 0 Å². The van der Waals surface area contributed by atoms with Gasteiger partial charge in [-0.1, -0.05) is 30.3 Å². The minimum atomic E-state index is 0. The highest BCUT2D eigenvalue weighted by molar-refractivity contribution is 14.0. The Balaban J connectivity index is 0.00000264. The van der Waals surface area contributed by atoms with E-state index in [0.29, 0.717) is 0 Å². The minimum Gasteiger partial charge on any atom is -0.356 e. The molecule has 0 bridgehead atoms. The highest BCUT2D eigenvalue weighted by Crippen LogP contribution is 2.03. The Morgan fingerprint density at radius 3 is 2.61 bits per heavy atom. The molecule has 1 N–H and O–H groups in total. The van der Waals surface area contributed by atoms with Crippen molar-refractivity contribution < 1.29 is 0 Å². The van der Waals surface area contributed by atoms with Crippen molar-refractivity contribution in [2.24, 2.45) is 12.0 Å². The number of hydrogen-bond acceptors (Lipinski definition) is 2. The number of benzene rings is 1. The molecule has 0 aliphatic rings. The molecule has 126 valence electrons. The smallest absolute Gasteiger partial charge is 0.193 e. The van der Waals surface area contributed by atoms with Gasteiger partial charge in [-0.25, -0.2) is 0 Å². The van der Waals surface area contributed by atoms with Crippen molar-refractivity contribution in [3.63, 3.8) is 0 Å². The largest absolute Gasteiger partial charge is 0.356 e. The van der Waals surface area contributed by atoms with Gasteiger partial charge in [0.1, 0.15) is 0 Å². The van der Waals surface area contributed by atoms with Gasteiger partial charge in [-0.3, -0.25) is 9.67 Å². The van der Waals surface area contributed by atoms with Gasteiger partial charge in [0.05, 0.1) is 6.20 Å². The average Bonchev–Trinajstić information content (AvgIpc) is 2.93. The second-order valence-corrected chi connectivity index (χ2v) is 5.44. The normalized spacial score (nSPS) is 11.0. The second-order valence-electron chi connectivity index (χ2n) is 5.44. The Kier molecular flexibility index (Phi) is 8.68. The van der Waals surface area contributed by atoms with Crippen LogP contribution in [-0.2, 0) is 20.0 Å². The van der Waals surface area contributed by atoms with Crippen LogP contribution in [0.5, 0.6) is 0 Å². The van der Waals surface area contributed by atoms with Crippen LogP contribution in [0.3, 0.4) is 0 Å². The van der Waals surface area contributed by atoms with Crippen LogP contribution >= 0.6 is 24.0 Å². The third-order valence-electron chi connectivity index (χ3n) is 3.52. The number of rotatable bonds is 6. The molecule has 0 amide bonds. The van der Waals surface area contributed by atoms with Gasteiger partial charge in [-0.05, 0) is 24.0 Å². The Hall–Kier alpha value is -1.57. The van der Waals surface area contributed by atoms with E-state index < -0.39 is 0 Å². The lowest BCUT2D eigenvalue weighted by molar-refractivity contribution is 0.476. The number of aliphatic imine (C=N–C) groups is 1. The molecule has 0 unspecified atom stereocenters. The van der Waals surface area contributed by atoms with Crippen LogP contribution in [0.2, 0.25) is 0 Å². The predicted octanol–water partition coefficient (Wildman–Crippen LogP) is 2.68. The molecule has 0 fully saturated rings. The summed E-state index contributed by atoms with van der Waals surface area (Å²) in [6, 6.07) is 10.4. The fourth-order valence-electron chi connectivity index (χ4n) is 2.41. The maximum Gasteiger partial charge on any atom is 0.193 e. The van der Waals surface area contributed by atoms with E-state index in [1.165, 1.54) is 11.1 Å². The predicted molar refractivity (Wildman–Crippen MR) is 106 cm³/mol. The maximum absolute atomic E-state index is 4.35. The van der Waals surface area contributed by atoms with Crippen LogP contribution in [-0.4, -0.2) is 41.3 Å². The fraction of sp³-hybridized carbons (Fsp3) is 0.412. The first-order valence-electron chi connectivity index (χ1n) is 7.62. The summed E-state index contributed by atoms with van der Waals surface area (Å²) in [7, 11) is 5.83. The zero-order valence-electron chi connectivity index (χ0n) is 14.1. The van der Waals surface area contributed by atoms with Crippen molar-refractivity contribution in [3.05, 3.63) is 53.9 Å². The van der Waals surface area contributed by atoms with Crippen LogP contribution < -0.4 is 5.32 Å². The number of nitrogens with one attached hydrogen (secondary N) is 1. The number of halogens is 1. The van der Waals surface area contributed by atoms with Gasteiger partial charge in [0, 0.05) is 40.4 Å². The van der Waals surface area contributed by atoms with E-state index in [-0.39, 0.29) is 24.0 Å². The molecule has 0 atom stereocenters. The summed E-state index contributed by atoms with van der Waals surface area (Å²) in [5, 5.41) is 7.60. The molecule has 6 heteroatoms. The topological polar surface area (TPSA) is 45.5 Å². The highest BCUT2D eigenvalue weighted by Gasteiger charge is 2.06. The van der Waals surface area contributed by atoms with Crippen molar-refractivity contribution in [2.75, 3.05) is 20.6 Å². The number of nitrogens with zero attached hydrogens (tertiary/aromatic N) is 4. The van der Waals surface area contributed by atoms with E-state index in [1.54, 1.807) is 0 Å². The number of aryl methyl sites for hydroxylation is 2. The molecule has 1 aromatic carbocycles. The first-order chi connectivity index (χ1) is 10.7. The molecule has 23 heavy (non-hydrogen) atoms. The first-order valence-corrected chi connectivity index (χ1v) is 7.62. The summed E-state index contributed by atoms with van der Waals surface area (Å²) in [6.07, 6.45) is 6.08. The van der Waals surface area contributed by atoms with Gasteiger partial charge in [0.15, 0.2) is 5.96 Å². The van der Waals surface area contributed by atoms with Gasteiger partial charge in [0.2, 0.25) is 0 Å². The molecule has 0 saturated carbocycles. The van der Waals surface area contributed by atoms with E-state index >= 15 is 0 Å². The summed E-state index contributed by atoms with van der Waals surface area (Å²) in [5.74, 6) is 0.926. The molecule has 0 aliphatic heterocycles. The first kappa shape index (κ1) is 19.5. The van der Waals surface area contributed by atoms with Gasteiger partial charge in [-0.2, -0.15) is 5.10 Å². The minimum absolute atomic E-state index is 0. The van der Waals surface area contributed by atoms with Crippen LogP contribution in [0.1, 0.15) is 17.5 Å². The molecule has 0 radical (unpaired) electrons. The second kappa shape index (κ2) is 10.3. The van der Waals surface area contributed by atoms with Crippen molar-refractivity contribution in [1.29, 1.82) is 0 Å². The Morgan fingerprint density at radius 2 is 2.00 bits per heavy atom. The fourth-order valence-corrected chi connectivity index (χ4v) is 2.41. The van der Waals surface area contributed by atoms with Crippen molar-refractivity contribution in [2.45, 2.75) is 19.4 Å². The van der Waals surface area contributed by atoms with E-state index in [2.05, 4.69) is 57.8 Å². The summed E-state index contributed by atoms with van der Waals surface area (Å²) < 4.78 is 1.84. The van der Waals surface area contributed by atoms with Crippen LogP contribution in [0, 0.1) is 0 Å². The molecule has 0 spiro atoms. The molecule has 1 heterocycles. The van der Waals surface area contributed by atoms with Crippen LogP contribution in [0.15, 0.2) is 47.7 Å². The molecule has 5 nitrogen and oxygen atoms in total. The summed E-state index contributed by atoms with van der Waals surface area (Å²) in [6.45, 7) is 1.75. The van der Waals surface area contributed by atoms with E-state index in [9.17, 15) is 0 Å². The molecule has 0 saturated heterocycles. The third-order valence-corrected chi connectivity index (χ3v) is 3.52. The molecular weight excluding hydrogens is 401 g/mol. The average molecular weight is 427 g/mol.